The van der Waals surface area contributed by atoms with E-state index in [0.29, 0.717) is 12.3 Å². The molecule has 5 rings (SSSR count). The molecular formula is C23H23N3O2. The second-order valence-corrected chi connectivity index (χ2v) is 7.83. The van der Waals surface area contributed by atoms with Gasteiger partial charge in [-0.15, -0.1) is 0 Å². The molecule has 2 heterocycles. The summed E-state index contributed by atoms with van der Waals surface area (Å²) in [6.07, 6.45) is 4.61. The summed E-state index contributed by atoms with van der Waals surface area (Å²) in [6.45, 7) is 0.770. The number of amides is 2. The summed E-state index contributed by atoms with van der Waals surface area (Å²) >= 11 is 0. The SMILES string of the molecule is O=C(CN1C(=O)C(c2ccccc2)=NC12CCCC2)N1CCc2ccccc21. The molecule has 0 bridgehead atoms. The maximum absolute atomic E-state index is 13.3. The second kappa shape index (κ2) is 6.59. The van der Waals surface area contributed by atoms with Gasteiger partial charge in [0.05, 0.1) is 0 Å². The van der Waals surface area contributed by atoms with Gasteiger partial charge in [0, 0.05) is 17.8 Å². The summed E-state index contributed by atoms with van der Waals surface area (Å²) in [5.41, 5.74) is 2.96. The maximum atomic E-state index is 13.3. The molecule has 1 saturated carbocycles. The van der Waals surface area contributed by atoms with E-state index in [1.165, 1.54) is 5.56 Å². The van der Waals surface area contributed by atoms with Gasteiger partial charge < -0.3 is 9.80 Å². The van der Waals surface area contributed by atoms with Crippen LogP contribution >= 0.6 is 0 Å². The quantitative estimate of drug-likeness (QED) is 0.830. The maximum Gasteiger partial charge on any atom is 0.275 e. The van der Waals surface area contributed by atoms with Crippen LogP contribution in [0.5, 0.6) is 0 Å². The van der Waals surface area contributed by atoms with Crippen LogP contribution in [0.3, 0.4) is 0 Å². The zero-order valence-corrected chi connectivity index (χ0v) is 15.8. The van der Waals surface area contributed by atoms with Gasteiger partial charge in [-0.05, 0) is 43.7 Å². The summed E-state index contributed by atoms with van der Waals surface area (Å²) in [4.78, 5) is 34.9. The molecule has 2 aromatic rings. The fourth-order valence-electron chi connectivity index (χ4n) is 4.78. The summed E-state index contributed by atoms with van der Waals surface area (Å²) in [7, 11) is 0. The summed E-state index contributed by atoms with van der Waals surface area (Å²) in [5.74, 6) is -0.136. The molecule has 1 spiro atoms. The highest BCUT2D eigenvalue weighted by atomic mass is 16.2. The Morgan fingerprint density at radius 3 is 2.50 bits per heavy atom. The molecule has 2 aromatic carbocycles. The molecule has 0 radical (unpaired) electrons. The number of hydrogen-bond donors (Lipinski definition) is 0. The highest BCUT2D eigenvalue weighted by molar-refractivity contribution is 6.47. The second-order valence-electron chi connectivity index (χ2n) is 7.83. The smallest absolute Gasteiger partial charge is 0.275 e. The molecule has 5 heteroatoms. The Morgan fingerprint density at radius 1 is 1.00 bits per heavy atom. The fourth-order valence-corrected chi connectivity index (χ4v) is 4.78. The molecule has 142 valence electrons. The highest BCUT2D eigenvalue weighted by Gasteiger charge is 2.49. The van der Waals surface area contributed by atoms with E-state index in [1.807, 2.05) is 53.4 Å². The Balaban J connectivity index is 1.43. The number of benzene rings is 2. The highest BCUT2D eigenvalue weighted by Crippen LogP contribution is 2.41. The van der Waals surface area contributed by atoms with Crippen LogP contribution in [0.25, 0.3) is 0 Å². The number of aliphatic imine (C=N–C) groups is 1. The van der Waals surface area contributed by atoms with E-state index < -0.39 is 5.66 Å². The zero-order valence-electron chi connectivity index (χ0n) is 15.8. The molecule has 3 aliphatic rings. The summed E-state index contributed by atoms with van der Waals surface area (Å²) in [5, 5.41) is 0. The first-order valence-corrected chi connectivity index (χ1v) is 10.0. The van der Waals surface area contributed by atoms with Crippen molar-refractivity contribution in [3.63, 3.8) is 0 Å². The standard InChI is InChI=1S/C23H23N3O2/c27-20(25-15-12-17-8-4-5-11-19(17)25)16-26-22(28)21(18-9-2-1-3-10-18)24-23(26)13-6-7-14-23/h1-5,8-11H,6-7,12-16H2. The van der Waals surface area contributed by atoms with Crippen molar-refractivity contribution in [2.45, 2.75) is 37.8 Å². The lowest BCUT2D eigenvalue weighted by atomic mass is 10.1. The van der Waals surface area contributed by atoms with Gasteiger partial charge in [0.1, 0.15) is 17.9 Å². The van der Waals surface area contributed by atoms with Crippen LogP contribution < -0.4 is 4.90 Å². The first kappa shape index (κ1) is 17.2. The number of anilines is 1. The minimum Gasteiger partial charge on any atom is -0.310 e. The Labute approximate surface area is 164 Å². The number of nitrogens with zero attached hydrogens (tertiary/aromatic N) is 3. The van der Waals surface area contributed by atoms with Gasteiger partial charge in [0.2, 0.25) is 5.91 Å². The monoisotopic (exact) mass is 373 g/mol. The number of carbonyl (C=O) groups is 2. The van der Waals surface area contributed by atoms with E-state index in [-0.39, 0.29) is 18.4 Å². The lowest BCUT2D eigenvalue weighted by Crippen LogP contribution is -2.50. The van der Waals surface area contributed by atoms with Crippen molar-refractivity contribution in [3.8, 4) is 0 Å². The summed E-state index contributed by atoms with van der Waals surface area (Å²) in [6, 6.07) is 17.6. The van der Waals surface area contributed by atoms with Crippen LogP contribution in [0.4, 0.5) is 5.69 Å². The molecule has 5 nitrogen and oxygen atoms in total. The first-order valence-electron chi connectivity index (χ1n) is 10.0. The molecule has 1 aliphatic carbocycles. The minimum absolute atomic E-state index is 0.0194. The summed E-state index contributed by atoms with van der Waals surface area (Å²) < 4.78 is 0. The number of rotatable bonds is 3. The number of fused-ring (bicyclic) bond motifs is 1. The van der Waals surface area contributed by atoms with Crippen molar-refractivity contribution in [2.75, 3.05) is 18.0 Å². The number of carbonyl (C=O) groups excluding carboxylic acids is 2. The Kier molecular flexibility index (Phi) is 4.04. The van der Waals surface area contributed by atoms with Crippen LogP contribution in [0.1, 0.15) is 36.8 Å². The molecule has 0 atom stereocenters. The molecule has 28 heavy (non-hydrogen) atoms. The number of para-hydroxylation sites is 1. The Bertz CT molecular complexity index is 961. The van der Waals surface area contributed by atoms with Crippen LogP contribution in [0.2, 0.25) is 0 Å². The van der Waals surface area contributed by atoms with Gasteiger partial charge in [-0.3, -0.25) is 14.6 Å². The third kappa shape index (κ3) is 2.65. The average Bonchev–Trinajstić information content (AvgIpc) is 3.43. The van der Waals surface area contributed by atoms with Gasteiger partial charge in [-0.25, -0.2) is 0 Å². The first-order chi connectivity index (χ1) is 13.7. The van der Waals surface area contributed by atoms with E-state index >= 15 is 0 Å². The molecule has 1 fully saturated rings. The van der Waals surface area contributed by atoms with Crippen LogP contribution in [-0.2, 0) is 16.0 Å². The van der Waals surface area contributed by atoms with Gasteiger partial charge in [0.25, 0.3) is 5.91 Å². The average molecular weight is 373 g/mol. The van der Waals surface area contributed by atoms with Gasteiger partial charge >= 0.3 is 0 Å². The number of hydrogen-bond acceptors (Lipinski definition) is 3. The van der Waals surface area contributed by atoms with Crippen molar-refractivity contribution in [3.05, 3.63) is 65.7 Å². The van der Waals surface area contributed by atoms with Gasteiger partial charge in [-0.2, -0.15) is 0 Å². The predicted octanol–water partition coefficient (Wildman–Crippen LogP) is 3.18. The van der Waals surface area contributed by atoms with Crippen molar-refractivity contribution in [1.29, 1.82) is 0 Å². The normalized spacial score (nSPS) is 20.0. The molecule has 0 saturated heterocycles. The van der Waals surface area contributed by atoms with E-state index in [9.17, 15) is 9.59 Å². The molecule has 0 unspecified atom stereocenters. The van der Waals surface area contributed by atoms with Crippen molar-refractivity contribution >= 4 is 23.2 Å². The van der Waals surface area contributed by atoms with E-state index in [0.717, 1.165) is 43.4 Å². The minimum atomic E-state index is -0.544. The lowest BCUT2D eigenvalue weighted by Gasteiger charge is -2.33. The Morgan fingerprint density at radius 2 is 1.71 bits per heavy atom. The molecule has 0 N–H and O–H groups in total. The largest absolute Gasteiger partial charge is 0.310 e. The van der Waals surface area contributed by atoms with Crippen LogP contribution in [0.15, 0.2) is 59.6 Å². The lowest BCUT2D eigenvalue weighted by molar-refractivity contribution is -0.133. The van der Waals surface area contributed by atoms with E-state index in [4.69, 9.17) is 4.99 Å². The van der Waals surface area contributed by atoms with Crippen LogP contribution in [-0.4, -0.2) is 41.2 Å². The van der Waals surface area contributed by atoms with Gasteiger partial charge in [-0.1, -0.05) is 48.5 Å². The van der Waals surface area contributed by atoms with E-state index in [1.54, 1.807) is 4.90 Å². The topological polar surface area (TPSA) is 53.0 Å². The van der Waals surface area contributed by atoms with Gasteiger partial charge in [0.15, 0.2) is 0 Å². The predicted molar refractivity (Wildman–Crippen MR) is 108 cm³/mol. The van der Waals surface area contributed by atoms with Crippen molar-refractivity contribution < 1.29 is 9.59 Å². The third-order valence-electron chi connectivity index (χ3n) is 6.20. The Hall–Kier alpha value is -2.95. The van der Waals surface area contributed by atoms with Crippen LogP contribution in [0, 0.1) is 0 Å². The van der Waals surface area contributed by atoms with Crippen molar-refractivity contribution in [2.24, 2.45) is 4.99 Å². The fraction of sp³-hybridized carbons (Fsp3) is 0.348. The molecular weight excluding hydrogens is 350 g/mol. The van der Waals surface area contributed by atoms with E-state index in [2.05, 4.69) is 6.07 Å². The molecule has 0 aromatic heterocycles. The third-order valence-corrected chi connectivity index (χ3v) is 6.20. The molecule has 2 aliphatic heterocycles. The van der Waals surface area contributed by atoms with Crippen molar-refractivity contribution in [1.82, 2.24) is 4.90 Å². The molecule has 2 amide bonds. The zero-order chi connectivity index (χ0) is 19.1.